The van der Waals surface area contributed by atoms with Gasteiger partial charge in [-0.25, -0.2) is 0 Å². The lowest BCUT2D eigenvalue weighted by Gasteiger charge is -2.36. The van der Waals surface area contributed by atoms with Crippen LogP contribution in [0.1, 0.15) is 38.4 Å². The first kappa shape index (κ1) is 25.4. The smallest absolute Gasteiger partial charge is 0.228 e. The van der Waals surface area contributed by atoms with Crippen LogP contribution in [0.3, 0.4) is 0 Å². The van der Waals surface area contributed by atoms with Crippen LogP contribution in [-0.4, -0.2) is 78.3 Å². The Hall–Kier alpha value is -1.88. The molecule has 0 spiro atoms. The number of guanidine groups is 1. The molecule has 2 heterocycles. The number of nitrogens with zero attached hydrogens (tertiary/aromatic N) is 5. The van der Waals surface area contributed by atoms with E-state index in [1.807, 2.05) is 30.3 Å². The lowest BCUT2D eigenvalue weighted by Crippen LogP contribution is -2.53. The number of rotatable bonds is 9. The lowest BCUT2D eigenvalue weighted by atomic mass is 10.2. The molecule has 8 nitrogen and oxygen atoms in total. The van der Waals surface area contributed by atoms with E-state index >= 15 is 0 Å². The van der Waals surface area contributed by atoms with Crippen molar-refractivity contribution in [3.63, 3.8) is 0 Å². The summed E-state index contributed by atoms with van der Waals surface area (Å²) in [5, 5.41) is 7.42. The fourth-order valence-corrected chi connectivity index (χ4v) is 3.28. The first-order valence-electron chi connectivity index (χ1n) is 10.9. The van der Waals surface area contributed by atoms with Crippen molar-refractivity contribution in [3.05, 3.63) is 42.0 Å². The number of halogens is 1. The minimum Gasteiger partial charge on any atom is -0.492 e. The monoisotopic (exact) mass is 542 g/mol. The quantitative estimate of drug-likeness (QED) is 0.297. The molecule has 1 aliphatic heterocycles. The molecule has 0 aliphatic carbocycles. The van der Waals surface area contributed by atoms with Crippen molar-refractivity contribution in [2.24, 2.45) is 4.99 Å². The predicted molar refractivity (Wildman–Crippen MR) is 133 cm³/mol. The summed E-state index contributed by atoms with van der Waals surface area (Å²) in [7, 11) is 0. The number of hydrogen-bond donors (Lipinski definition) is 1. The van der Waals surface area contributed by atoms with E-state index in [4.69, 9.17) is 14.3 Å². The molecule has 0 bridgehead atoms. The molecule has 172 valence electrons. The molecule has 1 aromatic heterocycles. The molecule has 2 aromatic rings. The lowest BCUT2D eigenvalue weighted by molar-refractivity contribution is 0.152. The SMILES string of the molecule is CCNC(=NCCc1nc(C(C)C)no1)N1CCN(CCOc2ccccc2)CC1.I. The van der Waals surface area contributed by atoms with Gasteiger partial charge in [0.1, 0.15) is 12.4 Å². The van der Waals surface area contributed by atoms with Crippen molar-refractivity contribution >= 4 is 29.9 Å². The van der Waals surface area contributed by atoms with Crippen LogP contribution in [0.25, 0.3) is 0 Å². The second-order valence-electron chi connectivity index (χ2n) is 7.68. The summed E-state index contributed by atoms with van der Waals surface area (Å²) in [6.45, 7) is 13.3. The van der Waals surface area contributed by atoms with Crippen LogP contribution in [0.15, 0.2) is 39.8 Å². The number of ether oxygens (including phenoxy) is 1. The van der Waals surface area contributed by atoms with Crippen LogP contribution >= 0.6 is 24.0 Å². The molecule has 0 amide bonds. The molecule has 3 rings (SSSR count). The van der Waals surface area contributed by atoms with Gasteiger partial charge >= 0.3 is 0 Å². The van der Waals surface area contributed by atoms with E-state index in [9.17, 15) is 0 Å². The molecular weight excluding hydrogens is 507 g/mol. The highest BCUT2D eigenvalue weighted by Gasteiger charge is 2.19. The van der Waals surface area contributed by atoms with Crippen molar-refractivity contribution in [2.45, 2.75) is 33.1 Å². The molecule has 0 unspecified atom stereocenters. The zero-order valence-electron chi connectivity index (χ0n) is 18.8. The summed E-state index contributed by atoms with van der Waals surface area (Å²) in [6, 6.07) is 9.99. The second-order valence-corrected chi connectivity index (χ2v) is 7.68. The van der Waals surface area contributed by atoms with Crippen LogP contribution in [0, 0.1) is 0 Å². The summed E-state index contributed by atoms with van der Waals surface area (Å²) >= 11 is 0. The summed E-state index contributed by atoms with van der Waals surface area (Å²) in [5.74, 6) is 3.58. The Morgan fingerprint density at radius 3 is 2.58 bits per heavy atom. The fourth-order valence-electron chi connectivity index (χ4n) is 3.28. The van der Waals surface area contributed by atoms with Gasteiger partial charge in [0.2, 0.25) is 5.89 Å². The summed E-state index contributed by atoms with van der Waals surface area (Å²) in [6.07, 6.45) is 0.658. The molecule has 0 radical (unpaired) electrons. The van der Waals surface area contributed by atoms with Gasteiger partial charge < -0.3 is 19.5 Å². The zero-order chi connectivity index (χ0) is 21.2. The maximum absolute atomic E-state index is 5.82. The molecule has 9 heteroatoms. The molecule has 0 saturated carbocycles. The highest BCUT2D eigenvalue weighted by Crippen LogP contribution is 2.11. The molecule has 1 aliphatic rings. The van der Waals surface area contributed by atoms with E-state index in [0.717, 1.165) is 56.8 Å². The molecule has 1 aromatic carbocycles. The van der Waals surface area contributed by atoms with Crippen molar-refractivity contribution in [1.29, 1.82) is 0 Å². The Bertz CT molecular complexity index is 775. The normalized spacial score (nSPS) is 15.1. The van der Waals surface area contributed by atoms with Gasteiger partial charge in [-0.2, -0.15) is 4.98 Å². The number of nitrogens with one attached hydrogen (secondary N) is 1. The Labute approximate surface area is 202 Å². The third-order valence-electron chi connectivity index (χ3n) is 5.01. The maximum Gasteiger partial charge on any atom is 0.228 e. The average molecular weight is 542 g/mol. The maximum atomic E-state index is 5.82. The number of piperazine rings is 1. The third-order valence-corrected chi connectivity index (χ3v) is 5.01. The second kappa shape index (κ2) is 13.5. The minimum absolute atomic E-state index is 0. The third kappa shape index (κ3) is 8.29. The van der Waals surface area contributed by atoms with Gasteiger partial charge in [0.15, 0.2) is 11.8 Å². The number of para-hydroxylation sites is 1. The van der Waals surface area contributed by atoms with E-state index in [2.05, 4.69) is 46.0 Å². The summed E-state index contributed by atoms with van der Waals surface area (Å²) in [4.78, 5) is 14.0. The van der Waals surface area contributed by atoms with E-state index in [-0.39, 0.29) is 29.9 Å². The van der Waals surface area contributed by atoms with Gasteiger partial charge in [0.05, 0.1) is 6.54 Å². The van der Waals surface area contributed by atoms with Gasteiger partial charge in [-0.05, 0) is 19.1 Å². The van der Waals surface area contributed by atoms with Crippen molar-refractivity contribution in [2.75, 3.05) is 52.4 Å². The topological polar surface area (TPSA) is 79.0 Å². The van der Waals surface area contributed by atoms with E-state index < -0.39 is 0 Å². The van der Waals surface area contributed by atoms with Gasteiger partial charge in [-0.3, -0.25) is 9.89 Å². The standard InChI is InChI=1S/C22H34N6O2.HI/c1-4-23-22(24-11-10-20-25-21(18(2)3)26-30-20)28-14-12-27(13-15-28)16-17-29-19-8-6-5-7-9-19;/h5-9,18H,4,10-17H2,1-3H3,(H,23,24);1H. The number of benzene rings is 1. The molecular formula is C22H35IN6O2. The van der Waals surface area contributed by atoms with Gasteiger partial charge in [-0.1, -0.05) is 37.2 Å². The molecule has 1 N–H and O–H groups in total. The number of aliphatic imine (C=N–C) groups is 1. The zero-order valence-corrected chi connectivity index (χ0v) is 21.1. The molecule has 31 heavy (non-hydrogen) atoms. The van der Waals surface area contributed by atoms with Crippen LogP contribution in [0.5, 0.6) is 5.75 Å². The molecule has 1 fully saturated rings. The van der Waals surface area contributed by atoms with Crippen molar-refractivity contribution < 1.29 is 9.26 Å². The minimum atomic E-state index is 0. The van der Waals surface area contributed by atoms with Crippen molar-refractivity contribution in [1.82, 2.24) is 25.3 Å². The Kier molecular flexibility index (Phi) is 11.1. The molecule has 1 saturated heterocycles. The fraction of sp³-hybridized carbons (Fsp3) is 0.591. The predicted octanol–water partition coefficient (Wildman–Crippen LogP) is 3.02. The Morgan fingerprint density at radius 2 is 1.94 bits per heavy atom. The van der Waals surface area contributed by atoms with Crippen LogP contribution < -0.4 is 10.1 Å². The van der Waals surface area contributed by atoms with Gasteiger partial charge in [-0.15, -0.1) is 24.0 Å². The van der Waals surface area contributed by atoms with Crippen LogP contribution in [-0.2, 0) is 6.42 Å². The number of aromatic nitrogens is 2. The average Bonchev–Trinajstić information content (AvgIpc) is 3.24. The summed E-state index contributed by atoms with van der Waals surface area (Å²) in [5.41, 5.74) is 0. The highest BCUT2D eigenvalue weighted by molar-refractivity contribution is 14.0. The highest BCUT2D eigenvalue weighted by atomic mass is 127. The summed E-state index contributed by atoms with van der Waals surface area (Å²) < 4.78 is 11.1. The van der Waals surface area contributed by atoms with E-state index in [1.54, 1.807) is 0 Å². The Balaban J connectivity index is 0.00000341. The van der Waals surface area contributed by atoms with E-state index in [0.29, 0.717) is 25.5 Å². The largest absolute Gasteiger partial charge is 0.492 e. The van der Waals surface area contributed by atoms with Crippen LogP contribution in [0.4, 0.5) is 0 Å². The first-order chi connectivity index (χ1) is 14.7. The van der Waals surface area contributed by atoms with Crippen LogP contribution in [0.2, 0.25) is 0 Å². The number of hydrogen-bond acceptors (Lipinski definition) is 6. The van der Waals surface area contributed by atoms with Gasteiger partial charge in [0.25, 0.3) is 0 Å². The van der Waals surface area contributed by atoms with Gasteiger partial charge in [0, 0.05) is 51.6 Å². The molecule has 0 atom stereocenters. The Morgan fingerprint density at radius 1 is 1.19 bits per heavy atom. The van der Waals surface area contributed by atoms with Crippen molar-refractivity contribution in [3.8, 4) is 5.75 Å². The van der Waals surface area contributed by atoms with E-state index in [1.165, 1.54) is 0 Å². The first-order valence-corrected chi connectivity index (χ1v) is 10.9.